The number of rotatable bonds is 9. The zero-order valence-electron chi connectivity index (χ0n) is 24.4. The molecule has 1 aliphatic rings. The van der Waals surface area contributed by atoms with Crippen molar-refractivity contribution < 1.29 is 23.2 Å². The summed E-state index contributed by atoms with van der Waals surface area (Å²) in [5.74, 6) is -2.17. The van der Waals surface area contributed by atoms with Crippen LogP contribution in [0.5, 0.6) is 0 Å². The Kier molecular flexibility index (Phi) is 9.64. The fraction of sp³-hybridized carbons (Fsp3) is 0.229. The highest BCUT2D eigenvalue weighted by Crippen LogP contribution is 2.28. The average Bonchev–Trinajstić information content (AvgIpc) is 3.05. The number of nitrogens with one attached hydrogen (secondary N) is 2. The summed E-state index contributed by atoms with van der Waals surface area (Å²) in [5, 5.41) is 5.57. The number of benzene rings is 4. The topological polar surface area (TPSA) is 81.8 Å². The normalized spacial score (nSPS) is 13.7. The van der Waals surface area contributed by atoms with Gasteiger partial charge in [0.1, 0.15) is 11.6 Å². The summed E-state index contributed by atoms with van der Waals surface area (Å²) >= 11 is 0. The first-order valence-electron chi connectivity index (χ1n) is 14.6. The van der Waals surface area contributed by atoms with E-state index in [-0.39, 0.29) is 35.7 Å². The van der Waals surface area contributed by atoms with Crippen molar-refractivity contribution >= 4 is 29.1 Å². The van der Waals surface area contributed by atoms with Crippen LogP contribution in [-0.2, 0) is 11.3 Å². The van der Waals surface area contributed by atoms with Gasteiger partial charge in [0.25, 0.3) is 11.8 Å². The van der Waals surface area contributed by atoms with Crippen molar-refractivity contribution in [3.05, 3.63) is 131 Å². The summed E-state index contributed by atoms with van der Waals surface area (Å²) in [5.41, 5.74) is 2.90. The highest BCUT2D eigenvalue weighted by molar-refractivity contribution is 6.06. The van der Waals surface area contributed by atoms with E-state index in [0.29, 0.717) is 49.5 Å². The summed E-state index contributed by atoms with van der Waals surface area (Å²) in [4.78, 5) is 43.7. The second kappa shape index (κ2) is 13.9. The molecule has 1 heterocycles. The number of amides is 3. The first kappa shape index (κ1) is 30.4. The van der Waals surface area contributed by atoms with Crippen molar-refractivity contribution in [3.63, 3.8) is 0 Å². The maximum atomic E-state index is 14.2. The third kappa shape index (κ3) is 7.11. The minimum atomic E-state index is -0.649. The number of hydrogen-bond donors (Lipinski definition) is 2. The lowest BCUT2D eigenvalue weighted by molar-refractivity contribution is -0.133. The lowest BCUT2D eigenvalue weighted by atomic mass is 9.94. The number of carbonyl (C=O) groups is 3. The van der Waals surface area contributed by atoms with E-state index in [9.17, 15) is 23.2 Å². The maximum absolute atomic E-state index is 14.2. The molecule has 226 valence electrons. The molecule has 1 fully saturated rings. The first-order valence-corrected chi connectivity index (χ1v) is 14.6. The highest BCUT2D eigenvalue weighted by Gasteiger charge is 2.29. The van der Waals surface area contributed by atoms with Gasteiger partial charge in [-0.3, -0.25) is 14.4 Å². The van der Waals surface area contributed by atoms with Gasteiger partial charge in [-0.1, -0.05) is 61.5 Å². The summed E-state index contributed by atoms with van der Waals surface area (Å²) in [6, 6.07) is 26.3. The van der Waals surface area contributed by atoms with Crippen LogP contribution >= 0.6 is 0 Å². The molecule has 5 rings (SSSR count). The quantitative estimate of drug-likeness (QED) is 0.249. The van der Waals surface area contributed by atoms with Crippen LogP contribution in [0.1, 0.15) is 51.1 Å². The summed E-state index contributed by atoms with van der Waals surface area (Å²) in [6.45, 7) is 4.18. The monoisotopic (exact) mass is 596 g/mol. The molecule has 7 nitrogen and oxygen atoms in total. The number of nitrogens with zero attached hydrogens (tertiary/aromatic N) is 2. The van der Waals surface area contributed by atoms with Crippen LogP contribution in [0.15, 0.2) is 97.1 Å². The van der Waals surface area contributed by atoms with Gasteiger partial charge >= 0.3 is 0 Å². The SMILES string of the molecule is CC[C@@H](C(=O)N1CCN(c2ccc(NC(=O)c3ccccc3F)cc2C(=O)NCc2ccc(F)cc2)CC1)c1ccccc1. The number of carbonyl (C=O) groups excluding carboxylic acids is 3. The largest absolute Gasteiger partial charge is 0.367 e. The van der Waals surface area contributed by atoms with Gasteiger partial charge in [0.05, 0.1) is 17.0 Å². The Hall–Kier alpha value is -5.05. The van der Waals surface area contributed by atoms with E-state index in [1.54, 1.807) is 36.4 Å². The molecule has 44 heavy (non-hydrogen) atoms. The Labute approximate surface area is 255 Å². The van der Waals surface area contributed by atoms with Crippen LogP contribution in [0.3, 0.4) is 0 Å². The fourth-order valence-corrected chi connectivity index (χ4v) is 5.42. The van der Waals surface area contributed by atoms with Crippen molar-refractivity contribution in [3.8, 4) is 0 Å². The van der Waals surface area contributed by atoms with Gasteiger partial charge in [0.15, 0.2) is 0 Å². The maximum Gasteiger partial charge on any atom is 0.258 e. The summed E-state index contributed by atoms with van der Waals surface area (Å²) in [6.07, 6.45) is 0.696. The van der Waals surface area contributed by atoms with Crippen LogP contribution in [0, 0.1) is 11.6 Å². The van der Waals surface area contributed by atoms with Crippen molar-refractivity contribution in [1.29, 1.82) is 0 Å². The summed E-state index contributed by atoms with van der Waals surface area (Å²) < 4.78 is 27.6. The molecule has 2 N–H and O–H groups in total. The predicted octanol–water partition coefficient (Wildman–Crippen LogP) is 5.99. The minimum Gasteiger partial charge on any atom is -0.367 e. The molecule has 0 unspecified atom stereocenters. The van der Waals surface area contributed by atoms with Crippen molar-refractivity contribution in [2.45, 2.75) is 25.8 Å². The molecule has 3 amide bonds. The summed E-state index contributed by atoms with van der Waals surface area (Å²) in [7, 11) is 0. The lowest BCUT2D eigenvalue weighted by Gasteiger charge is -2.38. The first-order chi connectivity index (χ1) is 21.3. The van der Waals surface area contributed by atoms with Crippen molar-refractivity contribution in [1.82, 2.24) is 10.2 Å². The number of hydrogen-bond acceptors (Lipinski definition) is 4. The highest BCUT2D eigenvalue weighted by atomic mass is 19.1. The Morgan fingerprint density at radius 2 is 1.45 bits per heavy atom. The average molecular weight is 597 g/mol. The smallest absolute Gasteiger partial charge is 0.258 e. The second-order valence-electron chi connectivity index (χ2n) is 10.7. The Balaban J connectivity index is 1.34. The van der Waals surface area contributed by atoms with Crippen LogP contribution in [-0.4, -0.2) is 48.8 Å². The molecule has 1 atom stereocenters. The van der Waals surface area contributed by atoms with E-state index in [1.165, 1.54) is 30.3 Å². The van der Waals surface area contributed by atoms with E-state index in [4.69, 9.17) is 0 Å². The molecular formula is C35H34F2N4O3. The molecule has 1 saturated heterocycles. The van der Waals surface area contributed by atoms with E-state index in [2.05, 4.69) is 10.6 Å². The van der Waals surface area contributed by atoms with Crippen molar-refractivity contribution in [2.75, 3.05) is 36.4 Å². The third-order valence-electron chi connectivity index (χ3n) is 7.82. The Morgan fingerprint density at radius 1 is 0.773 bits per heavy atom. The standard InChI is InChI=1S/C35H34F2N4O3/c1-2-28(25-8-4-3-5-9-25)35(44)41-20-18-40(19-21-41)32-17-16-27(39-34(43)29-10-6-7-11-31(29)37)22-30(32)33(42)38-23-24-12-14-26(36)15-13-24/h3-17,22,28H,2,18-21,23H2,1H3,(H,38,42)(H,39,43)/t28-/m1/s1. The Bertz CT molecular complexity index is 1620. The van der Waals surface area contributed by atoms with Gasteiger partial charge in [-0.05, 0) is 60.0 Å². The molecule has 0 radical (unpaired) electrons. The van der Waals surface area contributed by atoms with Crippen LogP contribution < -0.4 is 15.5 Å². The van der Waals surface area contributed by atoms with Gasteiger partial charge < -0.3 is 20.4 Å². The molecule has 0 aliphatic carbocycles. The zero-order chi connectivity index (χ0) is 31.1. The van der Waals surface area contributed by atoms with E-state index >= 15 is 0 Å². The lowest BCUT2D eigenvalue weighted by Crippen LogP contribution is -2.50. The van der Waals surface area contributed by atoms with E-state index in [1.807, 2.05) is 47.1 Å². The fourth-order valence-electron chi connectivity index (χ4n) is 5.42. The van der Waals surface area contributed by atoms with E-state index in [0.717, 1.165) is 11.1 Å². The molecule has 0 aromatic heterocycles. The molecule has 9 heteroatoms. The molecule has 0 bridgehead atoms. The molecule has 1 aliphatic heterocycles. The van der Waals surface area contributed by atoms with Gasteiger partial charge in [-0.15, -0.1) is 0 Å². The van der Waals surface area contributed by atoms with Crippen LogP contribution in [0.25, 0.3) is 0 Å². The third-order valence-corrected chi connectivity index (χ3v) is 7.82. The number of piperazine rings is 1. The van der Waals surface area contributed by atoms with Gasteiger partial charge in [0.2, 0.25) is 5.91 Å². The van der Waals surface area contributed by atoms with Gasteiger partial charge in [-0.25, -0.2) is 8.78 Å². The molecular weight excluding hydrogens is 562 g/mol. The van der Waals surface area contributed by atoms with Crippen LogP contribution in [0.2, 0.25) is 0 Å². The number of halogens is 2. The molecule has 4 aromatic carbocycles. The number of anilines is 2. The van der Waals surface area contributed by atoms with E-state index < -0.39 is 11.7 Å². The predicted molar refractivity (Wildman–Crippen MR) is 167 cm³/mol. The Morgan fingerprint density at radius 3 is 2.14 bits per heavy atom. The van der Waals surface area contributed by atoms with Crippen LogP contribution in [0.4, 0.5) is 20.2 Å². The second-order valence-corrected chi connectivity index (χ2v) is 10.7. The molecule has 0 saturated carbocycles. The van der Waals surface area contributed by atoms with Gasteiger partial charge in [0, 0.05) is 44.1 Å². The zero-order valence-corrected chi connectivity index (χ0v) is 24.4. The molecule has 0 spiro atoms. The minimum absolute atomic E-state index is 0.0850. The van der Waals surface area contributed by atoms with Gasteiger partial charge in [-0.2, -0.15) is 0 Å². The molecule has 4 aromatic rings. The van der Waals surface area contributed by atoms with Crippen molar-refractivity contribution in [2.24, 2.45) is 0 Å².